The quantitative estimate of drug-likeness (QED) is 0.737. The average Bonchev–Trinajstić information content (AvgIpc) is 2.85. The lowest BCUT2D eigenvalue weighted by molar-refractivity contribution is -0.139. The molecule has 0 fully saturated rings. The molecule has 0 spiro atoms. The highest BCUT2D eigenvalue weighted by Crippen LogP contribution is 2.33. The summed E-state index contributed by atoms with van der Waals surface area (Å²) in [5.74, 6) is -2.30. The number of amides is 1. The second-order valence-corrected chi connectivity index (χ2v) is 7.96. The molecule has 3 rings (SSSR count). The van der Waals surface area contributed by atoms with Gasteiger partial charge >= 0.3 is 6.18 Å². The maximum Gasteiger partial charge on any atom is 0.419 e. The summed E-state index contributed by atoms with van der Waals surface area (Å²) < 4.78 is 80.4. The number of benzene rings is 1. The third kappa shape index (κ3) is 3.67. The van der Waals surface area contributed by atoms with Gasteiger partial charge in [-0.2, -0.15) is 13.2 Å². The number of carbonyl (C=O) groups excluding carboxylic acids is 1. The molecule has 11 heteroatoms. The van der Waals surface area contributed by atoms with Crippen LogP contribution in [-0.4, -0.2) is 24.9 Å². The Morgan fingerprint density at radius 3 is 2.61 bits per heavy atom. The monoisotopic (exact) mass is 417 g/mol. The number of aryl methyl sites for hydroxylation is 1. The van der Waals surface area contributed by atoms with Crippen LogP contribution in [0.3, 0.4) is 0 Å². The molecular formula is C17H15F4N3O3S. The Morgan fingerprint density at radius 2 is 1.96 bits per heavy atom. The number of hydrogen-bond acceptors (Lipinski definition) is 3. The summed E-state index contributed by atoms with van der Waals surface area (Å²) >= 11 is 0. The van der Waals surface area contributed by atoms with Crippen molar-refractivity contribution < 1.29 is 30.8 Å². The molecule has 0 bridgehead atoms. The minimum atomic E-state index is -4.93. The molecule has 0 saturated carbocycles. The zero-order valence-electron chi connectivity index (χ0n) is 14.6. The van der Waals surface area contributed by atoms with Crippen molar-refractivity contribution in [2.24, 2.45) is 7.05 Å². The molecule has 0 unspecified atom stereocenters. The molecule has 6 nitrogen and oxygen atoms in total. The third-order valence-corrected chi connectivity index (χ3v) is 5.70. The van der Waals surface area contributed by atoms with Crippen LogP contribution in [0.15, 0.2) is 35.4 Å². The van der Waals surface area contributed by atoms with E-state index in [0.717, 1.165) is 6.07 Å². The maximum absolute atomic E-state index is 13.4. The first kappa shape index (κ1) is 20.1. The van der Waals surface area contributed by atoms with E-state index < -0.39 is 39.5 Å². The highest BCUT2D eigenvalue weighted by Gasteiger charge is 2.35. The molecule has 28 heavy (non-hydrogen) atoms. The molecular weight excluding hydrogens is 402 g/mol. The Hall–Kier alpha value is -2.66. The number of sulfonamides is 1. The van der Waals surface area contributed by atoms with Crippen molar-refractivity contribution >= 4 is 27.7 Å². The van der Waals surface area contributed by atoms with Gasteiger partial charge < -0.3 is 9.88 Å². The van der Waals surface area contributed by atoms with E-state index in [0.29, 0.717) is 12.1 Å². The molecule has 2 aromatic rings. The Balaban J connectivity index is 2.02. The van der Waals surface area contributed by atoms with Crippen LogP contribution in [-0.2, 0) is 23.2 Å². The summed E-state index contributed by atoms with van der Waals surface area (Å²) in [6.07, 6.45) is -0.690. The lowest BCUT2D eigenvalue weighted by Crippen LogP contribution is -2.30. The van der Waals surface area contributed by atoms with Gasteiger partial charge in [0, 0.05) is 30.5 Å². The highest BCUT2D eigenvalue weighted by molar-refractivity contribution is 7.89. The SMILES string of the molecule is C[C@H]1C=Cc2c(cn(C)c2C(=O)Nc2ccc(F)c(C(F)(F)F)c2)S(=O)(=O)N1. The fraction of sp³-hybridized carbons (Fsp3) is 0.235. The average molecular weight is 417 g/mol. The van der Waals surface area contributed by atoms with Crippen molar-refractivity contribution in [3.05, 3.63) is 53.1 Å². The van der Waals surface area contributed by atoms with Gasteiger partial charge in [-0.05, 0) is 25.1 Å². The molecule has 1 aromatic carbocycles. The predicted octanol–water partition coefficient (Wildman–Crippen LogP) is 3.13. The third-order valence-electron chi connectivity index (χ3n) is 4.11. The Morgan fingerprint density at radius 1 is 1.29 bits per heavy atom. The van der Waals surface area contributed by atoms with Crippen molar-refractivity contribution in [3.63, 3.8) is 0 Å². The first-order valence-corrected chi connectivity index (χ1v) is 9.46. The summed E-state index contributed by atoms with van der Waals surface area (Å²) in [6.45, 7) is 1.61. The van der Waals surface area contributed by atoms with Gasteiger partial charge in [0.15, 0.2) is 0 Å². The number of nitrogens with one attached hydrogen (secondary N) is 2. The Kier molecular flexibility index (Phi) is 4.84. The first-order valence-electron chi connectivity index (χ1n) is 7.98. The van der Waals surface area contributed by atoms with Crippen LogP contribution in [0.5, 0.6) is 0 Å². The van der Waals surface area contributed by atoms with Crippen LogP contribution in [0.4, 0.5) is 23.2 Å². The van der Waals surface area contributed by atoms with E-state index in [4.69, 9.17) is 0 Å². The fourth-order valence-electron chi connectivity index (χ4n) is 2.87. The minimum Gasteiger partial charge on any atom is -0.345 e. The van der Waals surface area contributed by atoms with E-state index >= 15 is 0 Å². The number of fused-ring (bicyclic) bond motifs is 1. The van der Waals surface area contributed by atoms with Crippen molar-refractivity contribution in [2.45, 2.75) is 24.0 Å². The fourth-order valence-corrected chi connectivity index (χ4v) is 4.32. The largest absolute Gasteiger partial charge is 0.419 e. The van der Waals surface area contributed by atoms with Crippen LogP contribution in [0.1, 0.15) is 28.5 Å². The maximum atomic E-state index is 13.4. The number of anilines is 1. The summed E-state index contributed by atoms with van der Waals surface area (Å²) in [5, 5.41) is 2.26. The van der Waals surface area contributed by atoms with E-state index in [-0.39, 0.29) is 21.8 Å². The molecule has 150 valence electrons. The van der Waals surface area contributed by atoms with Crippen LogP contribution in [0.25, 0.3) is 6.08 Å². The number of alkyl halides is 3. The molecule has 0 saturated heterocycles. The van der Waals surface area contributed by atoms with Gasteiger partial charge in [0.2, 0.25) is 10.0 Å². The summed E-state index contributed by atoms with van der Waals surface area (Å²) in [5.41, 5.74) is -1.75. The van der Waals surface area contributed by atoms with Gasteiger partial charge in [-0.3, -0.25) is 4.79 Å². The van der Waals surface area contributed by atoms with Gasteiger partial charge in [-0.15, -0.1) is 0 Å². The van der Waals surface area contributed by atoms with Crippen LogP contribution in [0.2, 0.25) is 0 Å². The lowest BCUT2D eigenvalue weighted by atomic mass is 10.1. The van der Waals surface area contributed by atoms with E-state index in [9.17, 15) is 30.8 Å². The van der Waals surface area contributed by atoms with Gasteiger partial charge in [0.05, 0.1) is 5.56 Å². The number of nitrogens with zero attached hydrogens (tertiary/aromatic N) is 1. The van der Waals surface area contributed by atoms with Gasteiger partial charge in [0.25, 0.3) is 5.91 Å². The Labute approximate surface area is 157 Å². The van der Waals surface area contributed by atoms with E-state index in [2.05, 4.69) is 10.0 Å². The summed E-state index contributed by atoms with van der Waals surface area (Å²) in [7, 11) is -2.45. The number of hydrogen-bond donors (Lipinski definition) is 2. The zero-order valence-corrected chi connectivity index (χ0v) is 15.5. The second-order valence-electron chi connectivity index (χ2n) is 6.28. The van der Waals surface area contributed by atoms with Gasteiger partial charge in [-0.25, -0.2) is 17.5 Å². The van der Waals surface area contributed by atoms with Gasteiger partial charge in [0.1, 0.15) is 16.4 Å². The van der Waals surface area contributed by atoms with E-state index in [1.54, 1.807) is 13.0 Å². The smallest absolute Gasteiger partial charge is 0.345 e. The first-order chi connectivity index (χ1) is 12.9. The predicted molar refractivity (Wildman–Crippen MR) is 93.6 cm³/mol. The highest BCUT2D eigenvalue weighted by atomic mass is 32.2. The summed E-state index contributed by atoms with van der Waals surface area (Å²) in [4.78, 5) is 12.5. The van der Waals surface area contributed by atoms with Gasteiger partial charge in [-0.1, -0.05) is 12.2 Å². The normalized spacial score (nSPS) is 18.4. The van der Waals surface area contributed by atoms with E-state index in [1.165, 1.54) is 23.9 Å². The molecule has 1 aromatic heterocycles. The standard InChI is InChI=1S/C17H15F4N3O3S/c1-9-3-5-11-14(28(26,27)23-9)8-24(2)15(11)16(25)22-10-4-6-13(18)12(7-10)17(19,20)21/h3-9,23H,1-2H3,(H,22,25)/t9-/m0/s1. The molecule has 1 aliphatic heterocycles. The van der Waals surface area contributed by atoms with Crippen molar-refractivity contribution in [1.82, 2.24) is 9.29 Å². The second kappa shape index (κ2) is 6.74. The molecule has 2 heterocycles. The molecule has 2 N–H and O–H groups in total. The molecule has 1 atom stereocenters. The number of carbonyl (C=O) groups is 1. The Bertz CT molecular complexity index is 1090. The van der Waals surface area contributed by atoms with Crippen LogP contribution >= 0.6 is 0 Å². The van der Waals surface area contributed by atoms with Crippen LogP contribution in [0, 0.1) is 5.82 Å². The van der Waals surface area contributed by atoms with Crippen molar-refractivity contribution in [3.8, 4) is 0 Å². The number of halogens is 4. The summed E-state index contributed by atoms with van der Waals surface area (Å²) in [6, 6.07) is 1.55. The lowest BCUT2D eigenvalue weighted by Gasteiger charge is -2.12. The molecule has 1 aliphatic rings. The topological polar surface area (TPSA) is 80.2 Å². The van der Waals surface area contributed by atoms with Crippen molar-refractivity contribution in [2.75, 3.05) is 5.32 Å². The minimum absolute atomic E-state index is 0.0661. The molecule has 1 amide bonds. The number of rotatable bonds is 2. The molecule has 0 aliphatic carbocycles. The molecule has 0 radical (unpaired) electrons. The van der Waals surface area contributed by atoms with Crippen LogP contribution < -0.4 is 10.0 Å². The number of aromatic nitrogens is 1. The van der Waals surface area contributed by atoms with E-state index in [1.807, 2.05) is 0 Å². The van der Waals surface area contributed by atoms with Crippen molar-refractivity contribution in [1.29, 1.82) is 0 Å². The zero-order chi connectivity index (χ0) is 20.9.